The monoisotopic (exact) mass is 250 g/mol. The van der Waals surface area contributed by atoms with Gasteiger partial charge in [0.15, 0.2) is 11.5 Å². The first kappa shape index (κ1) is 13.2. The SMILES string of the molecule is COc1ccc(C2CCC(CN)CN2)cc1OC. The summed E-state index contributed by atoms with van der Waals surface area (Å²) in [6, 6.07) is 6.51. The molecule has 0 amide bonds. The fourth-order valence-electron chi connectivity index (χ4n) is 2.47. The summed E-state index contributed by atoms with van der Waals surface area (Å²) in [6.45, 7) is 1.77. The minimum atomic E-state index is 0.396. The van der Waals surface area contributed by atoms with Crippen LogP contribution in [0.2, 0.25) is 0 Å². The third kappa shape index (κ3) is 2.76. The van der Waals surface area contributed by atoms with Gasteiger partial charge in [0.25, 0.3) is 0 Å². The maximum atomic E-state index is 5.69. The first-order valence-corrected chi connectivity index (χ1v) is 6.43. The van der Waals surface area contributed by atoms with Gasteiger partial charge in [-0.25, -0.2) is 0 Å². The molecule has 0 spiro atoms. The molecule has 1 saturated heterocycles. The van der Waals surface area contributed by atoms with Gasteiger partial charge >= 0.3 is 0 Å². The second-order valence-electron chi connectivity index (χ2n) is 4.75. The summed E-state index contributed by atoms with van der Waals surface area (Å²) in [5.74, 6) is 2.18. The van der Waals surface area contributed by atoms with Crippen LogP contribution in [-0.2, 0) is 0 Å². The van der Waals surface area contributed by atoms with E-state index in [-0.39, 0.29) is 0 Å². The highest BCUT2D eigenvalue weighted by molar-refractivity contribution is 5.43. The molecule has 1 aliphatic rings. The minimum absolute atomic E-state index is 0.396. The summed E-state index contributed by atoms with van der Waals surface area (Å²) in [5, 5.41) is 3.55. The van der Waals surface area contributed by atoms with Crippen molar-refractivity contribution in [1.29, 1.82) is 0 Å². The summed E-state index contributed by atoms with van der Waals surface area (Å²) in [4.78, 5) is 0. The average molecular weight is 250 g/mol. The van der Waals surface area contributed by atoms with E-state index in [2.05, 4.69) is 17.4 Å². The fraction of sp³-hybridized carbons (Fsp3) is 0.571. The number of piperidine rings is 1. The molecule has 100 valence electrons. The van der Waals surface area contributed by atoms with Gasteiger partial charge in [-0.05, 0) is 49.5 Å². The lowest BCUT2D eigenvalue weighted by atomic mass is 9.91. The van der Waals surface area contributed by atoms with Crippen molar-refractivity contribution in [3.05, 3.63) is 23.8 Å². The molecule has 3 N–H and O–H groups in total. The van der Waals surface area contributed by atoms with Crippen molar-refractivity contribution in [3.8, 4) is 11.5 Å². The first-order valence-electron chi connectivity index (χ1n) is 6.43. The van der Waals surface area contributed by atoms with Gasteiger partial charge in [0.1, 0.15) is 0 Å². The lowest BCUT2D eigenvalue weighted by Crippen LogP contribution is -2.36. The van der Waals surface area contributed by atoms with Gasteiger partial charge in [-0.1, -0.05) is 6.07 Å². The fourth-order valence-corrected chi connectivity index (χ4v) is 2.47. The van der Waals surface area contributed by atoms with Gasteiger partial charge < -0.3 is 20.5 Å². The number of hydrogen-bond donors (Lipinski definition) is 2. The highest BCUT2D eigenvalue weighted by Crippen LogP contribution is 2.33. The molecular formula is C14H22N2O2. The Balaban J connectivity index is 2.09. The van der Waals surface area contributed by atoms with E-state index in [0.717, 1.165) is 31.0 Å². The van der Waals surface area contributed by atoms with Crippen LogP contribution in [0.5, 0.6) is 11.5 Å². The smallest absolute Gasteiger partial charge is 0.161 e. The molecule has 1 aliphatic heterocycles. The zero-order chi connectivity index (χ0) is 13.0. The van der Waals surface area contributed by atoms with E-state index < -0.39 is 0 Å². The van der Waals surface area contributed by atoms with Crippen LogP contribution in [0.4, 0.5) is 0 Å². The molecule has 1 aromatic carbocycles. The molecule has 2 unspecified atom stereocenters. The third-order valence-corrected chi connectivity index (χ3v) is 3.66. The molecule has 0 aromatic heterocycles. The van der Waals surface area contributed by atoms with Gasteiger partial charge in [0.05, 0.1) is 14.2 Å². The van der Waals surface area contributed by atoms with Gasteiger partial charge in [0, 0.05) is 6.04 Å². The molecule has 0 saturated carbocycles. The van der Waals surface area contributed by atoms with E-state index in [4.69, 9.17) is 15.2 Å². The number of nitrogens with two attached hydrogens (primary N) is 1. The Morgan fingerprint density at radius 1 is 1.22 bits per heavy atom. The molecule has 0 bridgehead atoms. The molecule has 0 aliphatic carbocycles. The van der Waals surface area contributed by atoms with Crippen LogP contribution in [0.25, 0.3) is 0 Å². The highest BCUT2D eigenvalue weighted by atomic mass is 16.5. The van der Waals surface area contributed by atoms with Crippen molar-refractivity contribution < 1.29 is 9.47 Å². The molecule has 1 fully saturated rings. The molecule has 0 radical (unpaired) electrons. The maximum absolute atomic E-state index is 5.69. The van der Waals surface area contributed by atoms with Crippen molar-refractivity contribution in [2.24, 2.45) is 11.7 Å². The Morgan fingerprint density at radius 3 is 2.56 bits per heavy atom. The first-order chi connectivity index (χ1) is 8.78. The normalized spacial score (nSPS) is 23.7. The molecule has 1 heterocycles. The predicted molar refractivity (Wildman–Crippen MR) is 72.1 cm³/mol. The zero-order valence-corrected chi connectivity index (χ0v) is 11.1. The summed E-state index contributed by atoms with van der Waals surface area (Å²) in [7, 11) is 3.32. The van der Waals surface area contributed by atoms with E-state index in [1.165, 1.54) is 12.0 Å². The van der Waals surface area contributed by atoms with Crippen molar-refractivity contribution >= 4 is 0 Å². The van der Waals surface area contributed by atoms with E-state index in [0.29, 0.717) is 12.0 Å². The number of hydrogen-bond acceptors (Lipinski definition) is 4. The van der Waals surface area contributed by atoms with E-state index in [1.54, 1.807) is 14.2 Å². The molecule has 4 nitrogen and oxygen atoms in total. The average Bonchev–Trinajstić information content (AvgIpc) is 2.46. The topological polar surface area (TPSA) is 56.5 Å². The second-order valence-corrected chi connectivity index (χ2v) is 4.75. The number of benzene rings is 1. The molecule has 1 aromatic rings. The maximum Gasteiger partial charge on any atom is 0.161 e. The van der Waals surface area contributed by atoms with Crippen LogP contribution in [0.1, 0.15) is 24.4 Å². The molecule has 4 heteroatoms. The van der Waals surface area contributed by atoms with Gasteiger partial charge in [-0.15, -0.1) is 0 Å². The Hall–Kier alpha value is -1.26. The summed E-state index contributed by atoms with van der Waals surface area (Å²) in [5.41, 5.74) is 6.95. The van der Waals surface area contributed by atoms with E-state index in [9.17, 15) is 0 Å². The van der Waals surface area contributed by atoms with Gasteiger partial charge in [0.2, 0.25) is 0 Å². The third-order valence-electron chi connectivity index (χ3n) is 3.66. The molecular weight excluding hydrogens is 228 g/mol. The quantitative estimate of drug-likeness (QED) is 0.854. The largest absolute Gasteiger partial charge is 0.493 e. The van der Waals surface area contributed by atoms with E-state index in [1.807, 2.05) is 6.07 Å². The van der Waals surface area contributed by atoms with Crippen LogP contribution >= 0.6 is 0 Å². The van der Waals surface area contributed by atoms with Crippen LogP contribution in [0.15, 0.2) is 18.2 Å². The Bertz CT molecular complexity index is 387. The number of ether oxygens (including phenoxy) is 2. The predicted octanol–water partition coefficient (Wildman–Crippen LogP) is 1.70. The number of nitrogens with one attached hydrogen (secondary N) is 1. The van der Waals surface area contributed by atoms with E-state index >= 15 is 0 Å². The van der Waals surface area contributed by atoms with Crippen LogP contribution < -0.4 is 20.5 Å². The van der Waals surface area contributed by atoms with Crippen molar-refractivity contribution in [2.75, 3.05) is 27.3 Å². The van der Waals surface area contributed by atoms with Crippen molar-refractivity contribution in [3.63, 3.8) is 0 Å². The lowest BCUT2D eigenvalue weighted by Gasteiger charge is -2.29. The standard InChI is InChI=1S/C14H22N2O2/c1-17-13-6-4-11(7-14(13)18-2)12-5-3-10(8-15)9-16-12/h4,6-7,10,12,16H,3,5,8-9,15H2,1-2H3. The highest BCUT2D eigenvalue weighted by Gasteiger charge is 2.21. The summed E-state index contributed by atoms with van der Waals surface area (Å²) < 4.78 is 10.6. The van der Waals surface area contributed by atoms with Crippen LogP contribution in [0.3, 0.4) is 0 Å². The Kier molecular flexibility index (Phi) is 4.44. The van der Waals surface area contributed by atoms with Crippen molar-refractivity contribution in [2.45, 2.75) is 18.9 Å². The molecule has 2 atom stereocenters. The molecule has 18 heavy (non-hydrogen) atoms. The Morgan fingerprint density at radius 2 is 2.00 bits per heavy atom. The number of rotatable bonds is 4. The Labute approximate surface area is 108 Å². The van der Waals surface area contributed by atoms with Crippen LogP contribution in [0, 0.1) is 5.92 Å². The second kappa shape index (κ2) is 6.07. The van der Waals surface area contributed by atoms with Crippen molar-refractivity contribution in [1.82, 2.24) is 5.32 Å². The summed E-state index contributed by atoms with van der Waals surface area (Å²) in [6.07, 6.45) is 2.31. The zero-order valence-electron chi connectivity index (χ0n) is 11.1. The lowest BCUT2D eigenvalue weighted by molar-refractivity contribution is 0.317. The van der Waals surface area contributed by atoms with Gasteiger partial charge in [-0.3, -0.25) is 0 Å². The summed E-state index contributed by atoms with van der Waals surface area (Å²) >= 11 is 0. The van der Waals surface area contributed by atoms with Crippen LogP contribution in [-0.4, -0.2) is 27.3 Å². The minimum Gasteiger partial charge on any atom is -0.493 e. The van der Waals surface area contributed by atoms with Gasteiger partial charge in [-0.2, -0.15) is 0 Å². The number of methoxy groups -OCH3 is 2. The molecule has 2 rings (SSSR count).